The van der Waals surface area contributed by atoms with E-state index in [9.17, 15) is 4.79 Å². The predicted molar refractivity (Wildman–Crippen MR) is 81.5 cm³/mol. The van der Waals surface area contributed by atoms with Crippen molar-refractivity contribution in [3.63, 3.8) is 0 Å². The Hall–Kier alpha value is -0.840. The lowest BCUT2D eigenvalue weighted by atomic mass is 10.1. The lowest BCUT2D eigenvalue weighted by molar-refractivity contribution is 0.462. The van der Waals surface area contributed by atoms with Gasteiger partial charge in [-0.05, 0) is 47.0 Å². The van der Waals surface area contributed by atoms with Crippen LogP contribution in [0.1, 0.15) is 40.0 Å². The summed E-state index contributed by atoms with van der Waals surface area (Å²) in [6.45, 7) is 7.08. The molecule has 1 aliphatic carbocycles. The molecule has 1 aromatic heterocycles. The molecule has 0 radical (unpaired) electrons. The van der Waals surface area contributed by atoms with Gasteiger partial charge in [0.15, 0.2) is 0 Å². The van der Waals surface area contributed by atoms with Crippen LogP contribution in [0.4, 0.5) is 5.69 Å². The highest BCUT2D eigenvalue weighted by molar-refractivity contribution is 9.10. The summed E-state index contributed by atoms with van der Waals surface area (Å²) in [5, 5.41) is 7.69. The van der Waals surface area contributed by atoms with Crippen molar-refractivity contribution in [2.45, 2.75) is 52.6 Å². The molecule has 4 nitrogen and oxygen atoms in total. The maximum absolute atomic E-state index is 12.2. The third-order valence-corrected chi connectivity index (χ3v) is 4.34. The minimum Gasteiger partial charge on any atom is -0.380 e. The van der Waals surface area contributed by atoms with Crippen LogP contribution in [0.3, 0.4) is 0 Å². The Morgan fingerprint density at radius 2 is 2.26 bits per heavy atom. The summed E-state index contributed by atoms with van der Waals surface area (Å²) in [4.78, 5) is 12.2. The van der Waals surface area contributed by atoms with E-state index >= 15 is 0 Å². The molecule has 2 rings (SSSR count). The summed E-state index contributed by atoms with van der Waals surface area (Å²) in [5.41, 5.74) is 0.772. The minimum absolute atomic E-state index is 0.0512. The van der Waals surface area contributed by atoms with Crippen LogP contribution >= 0.6 is 15.9 Å². The highest BCUT2D eigenvalue weighted by atomic mass is 79.9. The Labute approximate surface area is 122 Å². The molecule has 0 saturated heterocycles. The standard InChI is InChI=1S/C14H22BrN3O/c1-9(2)8-18-14(19)13(15)12(7-16-18)17-11-5-4-10(3)6-11/h7,9-11,17H,4-6,8H2,1-3H3. The molecule has 106 valence electrons. The highest BCUT2D eigenvalue weighted by Gasteiger charge is 2.22. The fraction of sp³-hybridized carbons (Fsp3) is 0.714. The van der Waals surface area contributed by atoms with Crippen molar-refractivity contribution in [1.29, 1.82) is 0 Å². The topological polar surface area (TPSA) is 46.9 Å². The summed E-state index contributed by atoms with van der Waals surface area (Å²) < 4.78 is 2.12. The Morgan fingerprint density at radius 1 is 1.53 bits per heavy atom. The molecule has 0 bridgehead atoms. The molecule has 0 spiro atoms. The molecule has 1 fully saturated rings. The van der Waals surface area contributed by atoms with E-state index in [-0.39, 0.29) is 5.56 Å². The van der Waals surface area contributed by atoms with Crippen molar-refractivity contribution in [2.24, 2.45) is 11.8 Å². The molecule has 1 heterocycles. The smallest absolute Gasteiger partial charge is 0.283 e. The number of aromatic nitrogens is 2. The van der Waals surface area contributed by atoms with E-state index in [4.69, 9.17) is 0 Å². The van der Waals surface area contributed by atoms with E-state index in [1.54, 1.807) is 6.20 Å². The number of hydrogen-bond donors (Lipinski definition) is 1. The number of anilines is 1. The zero-order valence-electron chi connectivity index (χ0n) is 11.8. The van der Waals surface area contributed by atoms with Crippen LogP contribution in [0, 0.1) is 11.8 Å². The van der Waals surface area contributed by atoms with Gasteiger partial charge < -0.3 is 5.32 Å². The summed E-state index contributed by atoms with van der Waals surface area (Å²) >= 11 is 3.41. The van der Waals surface area contributed by atoms with Crippen LogP contribution in [-0.2, 0) is 6.54 Å². The fourth-order valence-corrected chi connectivity index (χ4v) is 3.02. The van der Waals surface area contributed by atoms with Crippen LogP contribution in [-0.4, -0.2) is 15.8 Å². The zero-order valence-corrected chi connectivity index (χ0v) is 13.4. The van der Waals surface area contributed by atoms with E-state index in [1.807, 2.05) is 0 Å². The molecule has 1 aromatic rings. The summed E-state index contributed by atoms with van der Waals surface area (Å²) in [7, 11) is 0. The SMILES string of the molecule is CC(C)Cn1ncc(NC2CCC(C)C2)c(Br)c1=O. The van der Waals surface area contributed by atoms with Gasteiger partial charge in [-0.25, -0.2) is 4.68 Å². The number of rotatable bonds is 4. The number of hydrogen-bond acceptors (Lipinski definition) is 3. The fourth-order valence-electron chi connectivity index (χ4n) is 2.60. The van der Waals surface area contributed by atoms with Crippen LogP contribution in [0.5, 0.6) is 0 Å². The van der Waals surface area contributed by atoms with Crippen LogP contribution < -0.4 is 10.9 Å². The first-order chi connectivity index (χ1) is 8.97. The maximum Gasteiger partial charge on any atom is 0.283 e. The third-order valence-electron chi connectivity index (χ3n) is 3.58. The molecule has 5 heteroatoms. The Balaban J connectivity index is 2.14. The molecule has 0 amide bonds. The number of nitrogens with one attached hydrogen (secondary N) is 1. The van der Waals surface area contributed by atoms with Crippen molar-refractivity contribution >= 4 is 21.6 Å². The van der Waals surface area contributed by atoms with Gasteiger partial charge in [-0.1, -0.05) is 20.8 Å². The summed E-state index contributed by atoms with van der Waals surface area (Å²) in [5.74, 6) is 1.18. The molecule has 0 aromatic carbocycles. The van der Waals surface area contributed by atoms with Crippen LogP contribution in [0.2, 0.25) is 0 Å². The second kappa shape index (κ2) is 6.07. The first kappa shape index (κ1) is 14.6. The molecule has 0 aliphatic heterocycles. The molecule has 1 saturated carbocycles. The van der Waals surface area contributed by atoms with Gasteiger partial charge in [0.1, 0.15) is 4.47 Å². The summed E-state index contributed by atoms with van der Waals surface area (Å²) in [6, 6.07) is 0.466. The molecular formula is C14H22BrN3O. The van der Waals surface area contributed by atoms with Crippen LogP contribution in [0.25, 0.3) is 0 Å². The second-order valence-corrected chi connectivity index (χ2v) is 6.81. The minimum atomic E-state index is -0.0512. The maximum atomic E-state index is 12.2. The third kappa shape index (κ3) is 3.59. The van der Waals surface area contributed by atoms with E-state index < -0.39 is 0 Å². The largest absolute Gasteiger partial charge is 0.380 e. The molecule has 2 atom stereocenters. The molecule has 1 N–H and O–H groups in total. The van der Waals surface area contributed by atoms with E-state index in [0.29, 0.717) is 23.0 Å². The van der Waals surface area contributed by atoms with E-state index in [0.717, 1.165) is 11.6 Å². The average molecular weight is 328 g/mol. The molecule has 19 heavy (non-hydrogen) atoms. The Bertz CT molecular complexity index is 498. The van der Waals surface area contributed by atoms with Gasteiger partial charge in [0, 0.05) is 12.6 Å². The Kier molecular flexibility index (Phi) is 4.66. The van der Waals surface area contributed by atoms with Gasteiger partial charge >= 0.3 is 0 Å². The van der Waals surface area contributed by atoms with Crippen LogP contribution in [0.15, 0.2) is 15.5 Å². The van der Waals surface area contributed by atoms with Gasteiger partial charge in [0.25, 0.3) is 5.56 Å². The van der Waals surface area contributed by atoms with Gasteiger partial charge in [0.05, 0.1) is 11.9 Å². The molecule has 2 unspecified atom stereocenters. The zero-order chi connectivity index (χ0) is 14.0. The summed E-state index contributed by atoms with van der Waals surface area (Å²) in [6.07, 6.45) is 5.36. The molecule has 1 aliphatic rings. The first-order valence-electron chi connectivity index (χ1n) is 6.99. The van der Waals surface area contributed by atoms with Gasteiger partial charge in [-0.15, -0.1) is 0 Å². The predicted octanol–water partition coefficient (Wildman–Crippen LogP) is 3.26. The lowest BCUT2D eigenvalue weighted by Gasteiger charge is -2.16. The van der Waals surface area contributed by atoms with Crippen molar-refractivity contribution in [2.75, 3.05) is 5.32 Å². The lowest BCUT2D eigenvalue weighted by Crippen LogP contribution is -2.27. The average Bonchev–Trinajstić information content (AvgIpc) is 2.74. The normalized spacial score (nSPS) is 23.0. The first-order valence-corrected chi connectivity index (χ1v) is 7.78. The van der Waals surface area contributed by atoms with Crippen molar-refractivity contribution < 1.29 is 0 Å². The van der Waals surface area contributed by atoms with Crippen molar-refractivity contribution in [3.05, 3.63) is 21.0 Å². The van der Waals surface area contributed by atoms with E-state index in [1.165, 1.54) is 23.9 Å². The van der Waals surface area contributed by atoms with Gasteiger partial charge in [-0.3, -0.25) is 4.79 Å². The van der Waals surface area contributed by atoms with Gasteiger partial charge in [0.2, 0.25) is 0 Å². The van der Waals surface area contributed by atoms with Gasteiger partial charge in [-0.2, -0.15) is 5.10 Å². The van der Waals surface area contributed by atoms with Crippen molar-refractivity contribution in [1.82, 2.24) is 9.78 Å². The number of halogens is 1. The van der Waals surface area contributed by atoms with E-state index in [2.05, 4.69) is 47.1 Å². The Morgan fingerprint density at radius 3 is 2.84 bits per heavy atom. The molecular weight excluding hydrogens is 306 g/mol. The quantitative estimate of drug-likeness (QED) is 0.923. The number of nitrogens with zero attached hydrogens (tertiary/aromatic N) is 2. The monoisotopic (exact) mass is 327 g/mol. The highest BCUT2D eigenvalue weighted by Crippen LogP contribution is 2.28. The van der Waals surface area contributed by atoms with Crippen molar-refractivity contribution in [3.8, 4) is 0 Å². The second-order valence-electron chi connectivity index (χ2n) is 6.01.